The lowest BCUT2D eigenvalue weighted by Gasteiger charge is -2.15. The summed E-state index contributed by atoms with van der Waals surface area (Å²) in [5.41, 5.74) is 2.67. The third-order valence-corrected chi connectivity index (χ3v) is 6.36. The van der Waals surface area contributed by atoms with Crippen molar-refractivity contribution in [2.24, 2.45) is 0 Å². The Morgan fingerprint density at radius 1 is 1.04 bits per heavy atom. The average Bonchev–Trinajstić information content (AvgIpc) is 2.76. The number of benzene rings is 2. The van der Waals surface area contributed by atoms with E-state index in [-0.39, 0.29) is 0 Å². The molecule has 0 fully saturated rings. The zero-order chi connectivity index (χ0) is 19.9. The number of urea groups is 1. The minimum Gasteiger partial charge on any atom is -0.495 e. The summed E-state index contributed by atoms with van der Waals surface area (Å²) in [5.74, 6) is 0.465. The zero-order valence-corrected chi connectivity index (χ0v) is 16.8. The highest BCUT2D eigenvalue weighted by atomic mass is 35.5. The smallest absolute Gasteiger partial charge is 0.326 e. The van der Waals surface area contributed by atoms with Gasteiger partial charge in [0.15, 0.2) is 0 Å². The number of fused-ring (bicyclic) bond motifs is 1. The summed E-state index contributed by atoms with van der Waals surface area (Å²) in [6.45, 7) is 1.79. The van der Waals surface area contributed by atoms with Crippen molar-refractivity contribution in [3.8, 4) is 5.75 Å². The molecule has 2 aromatic rings. The number of methoxy groups -OCH3 is 1. The largest absolute Gasteiger partial charge is 0.495 e. The number of rotatable bonds is 3. The van der Waals surface area contributed by atoms with Crippen molar-refractivity contribution >= 4 is 50.6 Å². The van der Waals surface area contributed by atoms with Crippen LogP contribution in [0.15, 0.2) is 30.3 Å². The van der Waals surface area contributed by atoms with Gasteiger partial charge in [0.05, 0.1) is 24.2 Å². The lowest BCUT2D eigenvalue weighted by molar-refractivity contribution is 0.262. The minimum atomic E-state index is -3.58. The van der Waals surface area contributed by atoms with E-state index in [4.69, 9.17) is 16.3 Å². The number of ether oxygens (including phenoxy) is 1. The fraction of sp³-hybridized carbons (Fsp3) is 0.235. The summed E-state index contributed by atoms with van der Waals surface area (Å²) in [5, 5.41) is 5.87. The molecule has 10 heteroatoms. The third-order valence-electron chi connectivity index (χ3n) is 4.35. The van der Waals surface area contributed by atoms with Crippen molar-refractivity contribution in [2.75, 3.05) is 40.4 Å². The molecule has 2 aromatic carbocycles. The molecule has 1 aliphatic rings. The number of halogens is 1. The van der Waals surface area contributed by atoms with Gasteiger partial charge in [-0.15, -0.1) is 0 Å². The minimum absolute atomic E-state index is 0.417. The monoisotopic (exact) mass is 410 g/mol. The quantitative estimate of drug-likeness (QED) is 0.810. The second-order valence-corrected chi connectivity index (χ2v) is 8.45. The maximum atomic E-state index is 12.4. The predicted molar refractivity (Wildman–Crippen MR) is 108 cm³/mol. The summed E-state index contributed by atoms with van der Waals surface area (Å²) in [4.78, 5) is 12.4. The van der Waals surface area contributed by atoms with Crippen molar-refractivity contribution in [3.05, 3.63) is 40.9 Å². The van der Waals surface area contributed by atoms with Gasteiger partial charge in [-0.3, -0.25) is 8.61 Å². The Morgan fingerprint density at radius 2 is 1.63 bits per heavy atom. The van der Waals surface area contributed by atoms with Crippen LogP contribution in [0.3, 0.4) is 0 Å². The van der Waals surface area contributed by atoms with E-state index in [2.05, 4.69) is 10.6 Å². The first-order valence-corrected chi connectivity index (χ1v) is 9.71. The molecule has 1 heterocycles. The van der Waals surface area contributed by atoms with Crippen molar-refractivity contribution in [3.63, 3.8) is 0 Å². The summed E-state index contributed by atoms with van der Waals surface area (Å²) in [6, 6.07) is 7.71. The second kappa shape index (κ2) is 6.82. The Bertz CT molecular complexity index is 1030. The van der Waals surface area contributed by atoms with Crippen molar-refractivity contribution in [1.82, 2.24) is 0 Å². The number of aryl methyl sites for hydroxylation is 1. The predicted octanol–water partition coefficient (Wildman–Crippen LogP) is 3.43. The molecule has 0 bridgehead atoms. The van der Waals surface area contributed by atoms with Gasteiger partial charge in [0.1, 0.15) is 5.75 Å². The molecule has 2 N–H and O–H groups in total. The van der Waals surface area contributed by atoms with Gasteiger partial charge in [-0.2, -0.15) is 8.42 Å². The number of anilines is 4. The van der Waals surface area contributed by atoms with E-state index in [0.29, 0.717) is 33.5 Å². The summed E-state index contributed by atoms with van der Waals surface area (Å²) in [6.07, 6.45) is 0. The van der Waals surface area contributed by atoms with Gasteiger partial charge >= 0.3 is 16.2 Å². The van der Waals surface area contributed by atoms with Gasteiger partial charge in [-0.1, -0.05) is 11.6 Å². The molecule has 2 amide bonds. The highest BCUT2D eigenvalue weighted by molar-refractivity contribution is 7.94. The van der Waals surface area contributed by atoms with Crippen molar-refractivity contribution in [2.45, 2.75) is 6.92 Å². The average molecular weight is 411 g/mol. The Balaban J connectivity index is 1.87. The van der Waals surface area contributed by atoms with Crippen molar-refractivity contribution in [1.29, 1.82) is 0 Å². The Labute approximate surface area is 162 Å². The van der Waals surface area contributed by atoms with Crippen LogP contribution in [0.4, 0.5) is 27.5 Å². The van der Waals surface area contributed by atoms with Crippen LogP contribution in [-0.2, 0) is 10.2 Å². The summed E-state index contributed by atoms with van der Waals surface area (Å²) >= 11 is 5.97. The summed E-state index contributed by atoms with van der Waals surface area (Å²) in [7, 11) is 0.864. The molecule has 1 aliphatic heterocycles. The van der Waals surface area contributed by atoms with Gasteiger partial charge in [0, 0.05) is 24.8 Å². The normalized spacial score (nSPS) is 14.7. The van der Waals surface area contributed by atoms with Gasteiger partial charge < -0.3 is 15.4 Å². The number of carbonyl (C=O) groups is 1. The maximum Gasteiger partial charge on any atom is 0.326 e. The molecule has 144 valence electrons. The van der Waals surface area contributed by atoms with Crippen LogP contribution in [0.25, 0.3) is 0 Å². The molecule has 8 nitrogen and oxygen atoms in total. The molecule has 0 aliphatic carbocycles. The standard InChI is InChI=1S/C17H19ClN4O4S/c1-10-7-14-15(22(3)27(24,25)21(14)2)9-12(10)19-17(23)20-13-8-11(18)5-6-16(13)26-4/h5-9H,1-4H3,(H2,19,20,23). The number of amides is 2. The highest BCUT2D eigenvalue weighted by Crippen LogP contribution is 2.42. The lowest BCUT2D eigenvalue weighted by Crippen LogP contribution is -2.32. The molecule has 3 rings (SSSR count). The molecule has 0 spiro atoms. The number of hydrogen-bond acceptors (Lipinski definition) is 4. The topological polar surface area (TPSA) is 91.0 Å². The van der Waals surface area contributed by atoms with Crippen LogP contribution in [0.1, 0.15) is 5.56 Å². The molecule has 0 radical (unpaired) electrons. The van der Waals surface area contributed by atoms with Crippen LogP contribution in [0.2, 0.25) is 5.02 Å². The third kappa shape index (κ3) is 3.35. The van der Waals surface area contributed by atoms with E-state index >= 15 is 0 Å². The first-order chi connectivity index (χ1) is 12.6. The Hall–Kier alpha value is -2.65. The van der Waals surface area contributed by atoms with Crippen LogP contribution in [-0.4, -0.2) is 35.7 Å². The maximum absolute atomic E-state index is 12.4. The van der Waals surface area contributed by atoms with Crippen LogP contribution < -0.4 is 24.0 Å². The van der Waals surface area contributed by atoms with E-state index in [1.54, 1.807) is 37.3 Å². The molecule has 0 unspecified atom stereocenters. The number of hydrogen-bond donors (Lipinski definition) is 2. The molecule has 0 saturated carbocycles. The second-order valence-electron chi connectivity index (χ2n) is 6.02. The van der Waals surface area contributed by atoms with Crippen LogP contribution in [0, 0.1) is 6.92 Å². The lowest BCUT2D eigenvalue weighted by atomic mass is 10.1. The molecular weight excluding hydrogens is 392 g/mol. The van der Waals surface area contributed by atoms with E-state index < -0.39 is 16.2 Å². The Kier molecular flexibility index (Phi) is 4.83. The first-order valence-electron chi connectivity index (χ1n) is 7.94. The molecule has 27 heavy (non-hydrogen) atoms. The molecular formula is C17H19ClN4O4S. The zero-order valence-electron chi connectivity index (χ0n) is 15.2. The number of nitrogens with zero attached hydrogens (tertiary/aromatic N) is 2. The first kappa shape index (κ1) is 19.1. The fourth-order valence-corrected chi connectivity index (χ4v) is 4.14. The van der Waals surface area contributed by atoms with Crippen molar-refractivity contribution < 1.29 is 17.9 Å². The molecule has 0 saturated heterocycles. The molecule has 0 atom stereocenters. The van der Waals surface area contributed by atoms with Gasteiger partial charge in [-0.05, 0) is 42.8 Å². The molecule has 0 aromatic heterocycles. The van der Waals surface area contributed by atoms with E-state index in [1.165, 1.54) is 29.8 Å². The van der Waals surface area contributed by atoms with Crippen LogP contribution in [0.5, 0.6) is 5.75 Å². The van der Waals surface area contributed by atoms with E-state index in [0.717, 1.165) is 5.56 Å². The van der Waals surface area contributed by atoms with E-state index in [1.807, 2.05) is 0 Å². The number of carbonyl (C=O) groups excluding carboxylic acids is 1. The fourth-order valence-electron chi connectivity index (χ4n) is 2.81. The van der Waals surface area contributed by atoms with Gasteiger partial charge in [-0.25, -0.2) is 4.79 Å². The van der Waals surface area contributed by atoms with Gasteiger partial charge in [0.25, 0.3) is 0 Å². The van der Waals surface area contributed by atoms with Gasteiger partial charge in [0.2, 0.25) is 0 Å². The summed E-state index contributed by atoms with van der Waals surface area (Å²) < 4.78 is 32.1. The number of nitrogens with one attached hydrogen (secondary N) is 2. The van der Waals surface area contributed by atoms with E-state index in [9.17, 15) is 13.2 Å². The highest BCUT2D eigenvalue weighted by Gasteiger charge is 2.36. The SMILES string of the molecule is COc1ccc(Cl)cc1NC(=O)Nc1cc2c(cc1C)N(C)S(=O)(=O)N2C. The Morgan fingerprint density at radius 3 is 2.26 bits per heavy atom. The van der Waals surface area contributed by atoms with Crippen LogP contribution >= 0.6 is 11.6 Å².